The molecule has 0 radical (unpaired) electrons. The summed E-state index contributed by atoms with van der Waals surface area (Å²) in [6.07, 6.45) is 5.55. The number of ether oxygens (including phenoxy) is 1. The predicted molar refractivity (Wildman–Crippen MR) is 152 cm³/mol. The molecule has 3 aromatic rings. The van der Waals surface area contributed by atoms with Crippen LogP contribution in [0.4, 0.5) is 0 Å². The zero-order valence-corrected chi connectivity index (χ0v) is 22.8. The zero-order chi connectivity index (χ0) is 26.7. The Hall–Kier alpha value is -3.31. The normalized spacial score (nSPS) is 14.2. The molecule has 1 saturated carbocycles. The number of nitrogens with one attached hydrogen (secondary N) is 1. The number of hydrogen-bond donors (Lipinski definition) is 1. The van der Waals surface area contributed by atoms with E-state index in [1.54, 1.807) is 4.90 Å². The second-order valence-corrected chi connectivity index (χ2v) is 10.5. The first-order valence-corrected chi connectivity index (χ1v) is 13.9. The molecule has 0 bridgehead atoms. The van der Waals surface area contributed by atoms with Crippen molar-refractivity contribution >= 4 is 23.4 Å². The lowest BCUT2D eigenvalue weighted by Gasteiger charge is -2.32. The minimum Gasteiger partial charge on any atom is -0.494 e. The van der Waals surface area contributed by atoms with Gasteiger partial charge in [0.1, 0.15) is 11.8 Å². The van der Waals surface area contributed by atoms with E-state index in [2.05, 4.69) is 5.32 Å². The Bertz CT molecular complexity index is 1160. The summed E-state index contributed by atoms with van der Waals surface area (Å²) in [4.78, 5) is 29.1. The largest absolute Gasteiger partial charge is 0.494 e. The Morgan fingerprint density at radius 3 is 2.32 bits per heavy atom. The molecule has 1 atom stereocenters. The molecule has 0 heterocycles. The van der Waals surface area contributed by atoms with Crippen molar-refractivity contribution in [2.75, 3.05) is 6.61 Å². The molecule has 0 spiro atoms. The van der Waals surface area contributed by atoms with E-state index in [1.165, 1.54) is 5.56 Å². The summed E-state index contributed by atoms with van der Waals surface area (Å²) in [6.45, 7) is 2.80. The molecule has 2 amide bonds. The minimum atomic E-state index is -0.612. The number of rotatable bonds is 12. The Morgan fingerprint density at radius 2 is 1.63 bits per heavy atom. The van der Waals surface area contributed by atoms with E-state index in [9.17, 15) is 9.59 Å². The van der Waals surface area contributed by atoms with Crippen LogP contribution in [0.15, 0.2) is 78.9 Å². The van der Waals surface area contributed by atoms with Crippen LogP contribution in [0, 0.1) is 6.92 Å². The standard InChI is InChI=1S/C32H37ClN2O3/c1-24-13-19-29(20-14-24)38-21-7-12-31(36)35(23-26-15-17-27(33)18-16-26)30(22-25-8-3-2-4-9-25)32(37)34-28-10-5-6-11-28/h2-4,8-9,13-20,28,30H,5-7,10-12,21-23H2,1H3,(H,34,37)/t30-/m0/s1. The van der Waals surface area contributed by atoms with E-state index in [1.807, 2.05) is 85.8 Å². The van der Waals surface area contributed by atoms with Gasteiger partial charge in [-0.15, -0.1) is 0 Å². The third-order valence-corrected chi connectivity index (χ3v) is 7.32. The highest BCUT2D eigenvalue weighted by molar-refractivity contribution is 6.30. The topological polar surface area (TPSA) is 58.6 Å². The first kappa shape index (κ1) is 27.7. The summed E-state index contributed by atoms with van der Waals surface area (Å²) in [5.74, 6) is 0.646. The van der Waals surface area contributed by atoms with E-state index in [-0.39, 0.29) is 17.9 Å². The molecule has 38 heavy (non-hydrogen) atoms. The average molecular weight is 533 g/mol. The molecule has 0 saturated heterocycles. The smallest absolute Gasteiger partial charge is 0.243 e. The molecule has 200 valence electrons. The maximum atomic E-state index is 13.7. The molecule has 1 N–H and O–H groups in total. The summed E-state index contributed by atoms with van der Waals surface area (Å²) < 4.78 is 5.85. The molecule has 0 aromatic heterocycles. The molecule has 3 aromatic carbocycles. The maximum Gasteiger partial charge on any atom is 0.243 e. The van der Waals surface area contributed by atoms with Gasteiger partial charge in [-0.25, -0.2) is 0 Å². The quantitative estimate of drug-likeness (QED) is 0.271. The summed E-state index contributed by atoms with van der Waals surface area (Å²) in [5, 5.41) is 3.88. The first-order valence-electron chi connectivity index (χ1n) is 13.6. The number of nitrogens with zero attached hydrogens (tertiary/aromatic N) is 1. The van der Waals surface area contributed by atoms with Crippen LogP contribution in [0.2, 0.25) is 5.02 Å². The van der Waals surface area contributed by atoms with E-state index < -0.39 is 6.04 Å². The molecule has 4 rings (SSSR count). The molecular weight excluding hydrogens is 496 g/mol. The lowest BCUT2D eigenvalue weighted by molar-refractivity contribution is -0.141. The number of amides is 2. The number of hydrogen-bond acceptors (Lipinski definition) is 3. The molecule has 5 nitrogen and oxygen atoms in total. The van der Waals surface area contributed by atoms with Gasteiger partial charge in [0.15, 0.2) is 0 Å². The van der Waals surface area contributed by atoms with Crippen molar-refractivity contribution in [1.29, 1.82) is 0 Å². The van der Waals surface area contributed by atoms with E-state index in [4.69, 9.17) is 16.3 Å². The fourth-order valence-electron chi connectivity index (χ4n) is 4.90. The Kier molecular flexibility index (Phi) is 10.2. The van der Waals surface area contributed by atoms with Crippen LogP contribution in [0.5, 0.6) is 5.75 Å². The predicted octanol–water partition coefficient (Wildman–Crippen LogP) is 6.51. The number of aryl methyl sites for hydroxylation is 1. The van der Waals surface area contributed by atoms with Crippen LogP contribution in [-0.4, -0.2) is 35.4 Å². The van der Waals surface area contributed by atoms with Crippen molar-refractivity contribution in [1.82, 2.24) is 10.2 Å². The maximum absolute atomic E-state index is 13.7. The van der Waals surface area contributed by atoms with E-state index in [0.29, 0.717) is 37.4 Å². The van der Waals surface area contributed by atoms with Crippen molar-refractivity contribution in [3.05, 3.63) is 101 Å². The van der Waals surface area contributed by atoms with Gasteiger partial charge in [0.25, 0.3) is 0 Å². The molecule has 1 aliphatic rings. The van der Waals surface area contributed by atoms with Crippen LogP contribution in [0.25, 0.3) is 0 Å². The molecule has 0 unspecified atom stereocenters. The summed E-state index contributed by atoms with van der Waals surface area (Å²) in [7, 11) is 0. The van der Waals surface area contributed by atoms with Gasteiger partial charge in [-0.3, -0.25) is 9.59 Å². The molecule has 1 fully saturated rings. The lowest BCUT2D eigenvalue weighted by atomic mass is 10.0. The Balaban J connectivity index is 1.50. The summed E-state index contributed by atoms with van der Waals surface area (Å²) >= 11 is 6.11. The monoisotopic (exact) mass is 532 g/mol. The van der Waals surface area contributed by atoms with Gasteiger partial charge in [-0.05, 0) is 61.6 Å². The summed E-state index contributed by atoms with van der Waals surface area (Å²) in [6, 6.07) is 24.8. The third-order valence-electron chi connectivity index (χ3n) is 7.06. The van der Waals surface area contributed by atoms with Gasteiger partial charge in [-0.2, -0.15) is 0 Å². The number of benzene rings is 3. The average Bonchev–Trinajstić information content (AvgIpc) is 3.44. The van der Waals surface area contributed by atoms with Crippen LogP contribution in [0.1, 0.15) is 55.2 Å². The first-order chi connectivity index (χ1) is 18.5. The highest BCUT2D eigenvalue weighted by Crippen LogP contribution is 2.21. The molecule has 0 aliphatic heterocycles. The zero-order valence-electron chi connectivity index (χ0n) is 22.1. The Labute approximate surface area is 231 Å². The second kappa shape index (κ2) is 14.0. The number of carbonyl (C=O) groups is 2. The van der Waals surface area contributed by atoms with Crippen molar-refractivity contribution < 1.29 is 14.3 Å². The molecule has 6 heteroatoms. The minimum absolute atomic E-state index is 0.0602. The molecule has 1 aliphatic carbocycles. The second-order valence-electron chi connectivity index (χ2n) is 10.1. The van der Waals surface area contributed by atoms with E-state index >= 15 is 0 Å². The number of halogens is 1. The van der Waals surface area contributed by atoms with Gasteiger partial charge in [-0.1, -0.05) is 84.6 Å². The molecular formula is C32H37ClN2O3. The lowest BCUT2D eigenvalue weighted by Crippen LogP contribution is -2.52. The van der Waals surface area contributed by atoms with Crippen LogP contribution < -0.4 is 10.1 Å². The van der Waals surface area contributed by atoms with Gasteiger partial charge in [0, 0.05) is 30.5 Å². The fourth-order valence-corrected chi connectivity index (χ4v) is 5.03. The highest BCUT2D eigenvalue weighted by Gasteiger charge is 2.32. The van der Waals surface area contributed by atoms with Gasteiger partial charge in [0.2, 0.25) is 11.8 Å². The van der Waals surface area contributed by atoms with Crippen molar-refractivity contribution in [3.63, 3.8) is 0 Å². The Morgan fingerprint density at radius 1 is 0.947 bits per heavy atom. The van der Waals surface area contributed by atoms with Gasteiger partial charge >= 0.3 is 0 Å². The third kappa shape index (κ3) is 8.35. The van der Waals surface area contributed by atoms with Crippen molar-refractivity contribution in [2.24, 2.45) is 0 Å². The van der Waals surface area contributed by atoms with Crippen molar-refractivity contribution in [2.45, 2.75) is 70.5 Å². The van der Waals surface area contributed by atoms with Gasteiger partial charge in [0.05, 0.1) is 6.61 Å². The van der Waals surface area contributed by atoms with E-state index in [0.717, 1.165) is 42.6 Å². The number of carbonyl (C=O) groups excluding carboxylic acids is 2. The van der Waals surface area contributed by atoms with Crippen LogP contribution in [-0.2, 0) is 22.6 Å². The SMILES string of the molecule is Cc1ccc(OCCCC(=O)N(Cc2ccc(Cl)cc2)[C@@H](Cc2ccccc2)C(=O)NC2CCCC2)cc1. The van der Waals surface area contributed by atoms with Crippen LogP contribution in [0.3, 0.4) is 0 Å². The fraction of sp³-hybridized carbons (Fsp3) is 0.375. The van der Waals surface area contributed by atoms with Crippen molar-refractivity contribution in [3.8, 4) is 5.75 Å². The summed E-state index contributed by atoms with van der Waals surface area (Å²) in [5.41, 5.74) is 3.13. The highest BCUT2D eigenvalue weighted by atomic mass is 35.5. The van der Waals surface area contributed by atoms with Crippen LogP contribution >= 0.6 is 11.6 Å². The van der Waals surface area contributed by atoms with Gasteiger partial charge < -0.3 is 15.0 Å².